The first kappa shape index (κ1) is 16.7. The van der Waals surface area contributed by atoms with Gasteiger partial charge in [-0.25, -0.2) is 0 Å². The lowest BCUT2D eigenvalue weighted by Gasteiger charge is -2.17. The summed E-state index contributed by atoms with van der Waals surface area (Å²) in [7, 11) is 0. The van der Waals surface area contributed by atoms with E-state index in [4.69, 9.17) is 11.6 Å². The maximum Gasteiger partial charge on any atom is 0.244 e. The van der Waals surface area contributed by atoms with Crippen LogP contribution in [0.2, 0.25) is 5.02 Å². The number of hydrogen-bond donors (Lipinski definition) is 1. The zero-order chi connectivity index (χ0) is 14.8. The molecule has 0 aliphatic heterocycles. The molecule has 0 aromatic heterocycles. The summed E-state index contributed by atoms with van der Waals surface area (Å²) in [5.41, 5.74) is 0.854. The molecule has 1 rings (SSSR count). The van der Waals surface area contributed by atoms with Gasteiger partial charge in [0.05, 0.1) is 0 Å². The Kier molecular flexibility index (Phi) is 8.00. The van der Waals surface area contributed by atoms with Crippen molar-refractivity contribution in [2.45, 2.75) is 20.3 Å². The summed E-state index contributed by atoms with van der Waals surface area (Å²) in [6.45, 7) is 8.11. The number of hydrogen-bond acceptors (Lipinski definition) is 2. The van der Waals surface area contributed by atoms with Crippen molar-refractivity contribution >= 4 is 23.6 Å². The summed E-state index contributed by atoms with van der Waals surface area (Å²) >= 11 is 6.01. The van der Waals surface area contributed by atoms with Gasteiger partial charge in [0.2, 0.25) is 5.91 Å². The predicted molar refractivity (Wildman–Crippen MR) is 85.9 cm³/mol. The Bertz CT molecular complexity index is 442. The number of carbonyl (C=O) groups is 1. The van der Waals surface area contributed by atoms with E-state index >= 15 is 0 Å². The van der Waals surface area contributed by atoms with E-state index < -0.39 is 0 Å². The van der Waals surface area contributed by atoms with Crippen LogP contribution in [0, 0.1) is 0 Å². The Labute approximate surface area is 126 Å². The monoisotopic (exact) mass is 294 g/mol. The summed E-state index contributed by atoms with van der Waals surface area (Å²) in [4.78, 5) is 14.0. The third kappa shape index (κ3) is 6.22. The lowest BCUT2D eigenvalue weighted by molar-refractivity contribution is -0.116. The van der Waals surface area contributed by atoms with Gasteiger partial charge in [-0.3, -0.25) is 4.79 Å². The molecular formula is C16H23ClN2O. The molecule has 0 saturated carbocycles. The van der Waals surface area contributed by atoms with E-state index in [1.807, 2.05) is 24.3 Å². The molecule has 1 amide bonds. The van der Waals surface area contributed by atoms with Crippen molar-refractivity contribution in [3.8, 4) is 0 Å². The molecule has 0 unspecified atom stereocenters. The van der Waals surface area contributed by atoms with Crippen molar-refractivity contribution in [3.05, 3.63) is 40.9 Å². The molecule has 0 heterocycles. The van der Waals surface area contributed by atoms with Gasteiger partial charge >= 0.3 is 0 Å². The van der Waals surface area contributed by atoms with E-state index in [0.29, 0.717) is 11.6 Å². The van der Waals surface area contributed by atoms with E-state index in [1.54, 1.807) is 6.08 Å². The second kappa shape index (κ2) is 9.56. The smallest absolute Gasteiger partial charge is 0.244 e. The highest BCUT2D eigenvalue weighted by atomic mass is 35.5. The molecule has 20 heavy (non-hydrogen) atoms. The van der Waals surface area contributed by atoms with Gasteiger partial charge in [0.25, 0.3) is 0 Å². The highest BCUT2D eigenvalue weighted by molar-refractivity contribution is 6.32. The fraction of sp³-hybridized carbons (Fsp3) is 0.438. The zero-order valence-electron chi connectivity index (χ0n) is 12.2. The summed E-state index contributed by atoms with van der Waals surface area (Å²) in [5.74, 6) is -0.0792. The Morgan fingerprint density at radius 1 is 1.30 bits per heavy atom. The predicted octanol–water partition coefficient (Wildman–Crippen LogP) is 3.20. The number of nitrogens with one attached hydrogen (secondary N) is 1. The molecule has 0 aliphatic rings. The van der Waals surface area contributed by atoms with Gasteiger partial charge in [-0.1, -0.05) is 43.6 Å². The summed E-state index contributed by atoms with van der Waals surface area (Å²) in [5, 5.41) is 3.53. The number of carbonyl (C=O) groups excluding carboxylic acids is 1. The van der Waals surface area contributed by atoms with E-state index in [-0.39, 0.29) is 5.91 Å². The average molecular weight is 295 g/mol. The molecule has 0 aliphatic carbocycles. The highest BCUT2D eigenvalue weighted by Gasteiger charge is 2.00. The van der Waals surface area contributed by atoms with Gasteiger partial charge in [0.15, 0.2) is 0 Å². The van der Waals surface area contributed by atoms with Gasteiger partial charge in [-0.15, -0.1) is 0 Å². The van der Waals surface area contributed by atoms with Gasteiger partial charge in [-0.2, -0.15) is 0 Å². The molecule has 110 valence electrons. The van der Waals surface area contributed by atoms with Crippen LogP contribution in [-0.4, -0.2) is 37.0 Å². The highest BCUT2D eigenvalue weighted by Crippen LogP contribution is 2.15. The first-order valence-electron chi connectivity index (χ1n) is 7.10. The molecule has 0 radical (unpaired) electrons. The van der Waals surface area contributed by atoms with E-state index in [0.717, 1.165) is 31.6 Å². The lowest BCUT2D eigenvalue weighted by Crippen LogP contribution is -2.29. The van der Waals surface area contributed by atoms with Crippen LogP contribution in [0.15, 0.2) is 30.3 Å². The molecule has 4 heteroatoms. The van der Waals surface area contributed by atoms with Crippen LogP contribution in [0.25, 0.3) is 6.08 Å². The zero-order valence-corrected chi connectivity index (χ0v) is 13.0. The molecule has 0 spiro atoms. The Morgan fingerprint density at radius 3 is 2.65 bits per heavy atom. The number of rotatable bonds is 8. The molecule has 1 aromatic rings. The van der Waals surface area contributed by atoms with Crippen LogP contribution in [0.3, 0.4) is 0 Å². The maximum absolute atomic E-state index is 11.7. The van der Waals surface area contributed by atoms with Crippen molar-refractivity contribution < 1.29 is 4.79 Å². The minimum Gasteiger partial charge on any atom is -0.353 e. The second-order valence-corrected chi connectivity index (χ2v) is 4.93. The van der Waals surface area contributed by atoms with E-state index in [9.17, 15) is 4.79 Å². The molecule has 3 nitrogen and oxygen atoms in total. The number of halogens is 1. The molecule has 1 N–H and O–H groups in total. The standard InChI is InChI=1S/C16H23ClN2O/c1-3-19(4-2)13-7-12-18-16(20)11-10-14-8-5-6-9-15(14)17/h5-6,8-11H,3-4,7,12-13H2,1-2H3,(H,18,20)/b11-10-. The molecule has 0 saturated heterocycles. The first-order chi connectivity index (χ1) is 9.67. The number of benzene rings is 1. The van der Waals surface area contributed by atoms with Crippen LogP contribution in [0.5, 0.6) is 0 Å². The normalized spacial score (nSPS) is 11.2. The summed E-state index contributed by atoms with van der Waals surface area (Å²) in [6.07, 6.45) is 4.23. The van der Waals surface area contributed by atoms with Crippen LogP contribution in [-0.2, 0) is 4.79 Å². The molecule has 1 aromatic carbocycles. The topological polar surface area (TPSA) is 32.3 Å². The van der Waals surface area contributed by atoms with Gasteiger partial charge < -0.3 is 10.2 Å². The van der Waals surface area contributed by atoms with Crippen LogP contribution in [0.4, 0.5) is 0 Å². The maximum atomic E-state index is 11.7. The SMILES string of the molecule is CCN(CC)CCCNC(=O)/C=C\c1ccccc1Cl. The van der Waals surface area contributed by atoms with Crippen LogP contribution in [0.1, 0.15) is 25.8 Å². The van der Waals surface area contributed by atoms with Crippen LogP contribution >= 0.6 is 11.6 Å². The summed E-state index contributed by atoms with van der Waals surface area (Å²) < 4.78 is 0. The van der Waals surface area contributed by atoms with E-state index in [2.05, 4.69) is 24.1 Å². The molecule has 0 atom stereocenters. The van der Waals surface area contributed by atoms with Gasteiger partial charge in [0.1, 0.15) is 0 Å². The fourth-order valence-electron chi connectivity index (χ4n) is 1.89. The second-order valence-electron chi connectivity index (χ2n) is 4.53. The van der Waals surface area contributed by atoms with Gasteiger partial charge in [-0.05, 0) is 43.8 Å². The number of nitrogens with zero attached hydrogens (tertiary/aromatic N) is 1. The first-order valence-corrected chi connectivity index (χ1v) is 7.48. The fourth-order valence-corrected chi connectivity index (χ4v) is 2.09. The summed E-state index contributed by atoms with van der Waals surface area (Å²) in [6, 6.07) is 7.45. The van der Waals surface area contributed by atoms with Gasteiger partial charge in [0, 0.05) is 17.6 Å². The van der Waals surface area contributed by atoms with Crippen molar-refractivity contribution in [1.82, 2.24) is 10.2 Å². The Hall–Kier alpha value is -1.32. The third-order valence-electron chi connectivity index (χ3n) is 3.16. The largest absolute Gasteiger partial charge is 0.353 e. The molecule has 0 fully saturated rings. The minimum absolute atomic E-state index is 0.0792. The van der Waals surface area contributed by atoms with Crippen molar-refractivity contribution in [3.63, 3.8) is 0 Å². The molecule has 0 bridgehead atoms. The average Bonchev–Trinajstić information content (AvgIpc) is 2.46. The van der Waals surface area contributed by atoms with Crippen molar-refractivity contribution in [2.75, 3.05) is 26.2 Å². The third-order valence-corrected chi connectivity index (χ3v) is 3.51. The Morgan fingerprint density at radius 2 is 2.00 bits per heavy atom. The van der Waals surface area contributed by atoms with Crippen molar-refractivity contribution in [2.24, 2.45) is 0 Å². The molecular weight excluding hydrogens is 272 g/mol. The van der Waals surface area contributed by atoms with Crippen molar-refractivity contribution in [1.29, 1.82) is 0 Å². The quantitative estimate of drug-likeness (QED) is 0.590. The van der Waals surface area contributed by atoms with Crippen LogP contribution < -0.4 is 5.32 Å². The lowest BCUT2D eigenvalue weighted by atomic mass is 10.2. The minimum atomic E-state index is -0.0792. The Balaban J connectivity index is 2.29. The number of amides is 1. The van der Waals surface area contributed by atoms with E-state index in [1.165, 1.54) is 6.08 Å².